The number of morpholine rings is 1. The van der Waals surface area contributed by atoms with E-state index in [0.717, 1.165) is 41.9 Å². The van der Waals surface area contributed by atoms with E-state index in [-0.39, 0.29) is 115 Å². The van der Waals surface area contributed by atoms with Gasteiger partial charge in [-0.15, -0.1) is 11.6 Å². The second kappa shape index (κ2) is 33.9. The van der Waals surface area contributed by atoms with Gasteiger partial charge in [0.1, 0.15) is 66.0 Å². The number of carbonyl (C=O) groups excluding carboxylic acids is 12. The Balaban J connectivity index is 1.26. The normalized spacial score (nSPS) is 32.1. The zero-order valence-electron chi connectivity index (χ0n) is 60.0. The van der Waals surface area contributed by atoms with E-state index >= 15 is 24.0 Å². The van der Waals surface area contributed by atoms with Crippen LogP contribution in [0.3, 0.4) is 0 Å². The Bertz CT molecular complexity index is 2910. The lowest BCUT2D eigenvalue weighted by Crippen LogP contribution is -2.65. The first-order chi connectivity index (χ1) is 46.1. The number of hydrogen-bond donors (Lipinski definition) is 3. The molecule has 0 radical (unpaired) electrons. The third-order valence-electron chi connectivity index (χ3n) is 23.0. The number of alkyl halides is 4. The van der Waals surface area contributed by atoms with Gasteiger partial charge >= 0.3 is 6.18 Å². The molecule has 3 saturated carbocycles. The second-order valence-corrected chi connectivity index (χ2v) is 30.1. The van der Waals surface area contributed by atoms with Crippen molar-refractivity contribution in [1.29, 1.82) is 0 Å². The number of carbonyl (C=O) groups is 12. The molecule has 0 aromatic carbocycles. The van der Waals surface area contributed by atoms with Crippen molar-refractivity contribution in [1.82, 2.24) is 60.0 Å². The number of nitrogens with one attached hydrogen (secondary N) is 3. The third-order valence-corrected chi connectivity index (χ3v) is 23.4. The van der Waals surface area contributed by atoms with Crippen LogP contribution < -0.4 is 16.0 Å². The number of likely N-dealkylation sites (N-methyl/N-ethyl adjacent to an activating group) is 6. The van der Waals surface area contributed by atoms with Crippen molar-refractivity contribution in [2.24, 2.45) is 29.6 Å². The van der Waals surface area contributed by atoms with Gasteiger partial charge in [-0.05, 0) is 115 Å². The van der Waals surface area contributed by atoms with Gasteiger partial charge in [-0.3, -0.25) is 57.5 Å². The van der Waals surface area contributed by atoms with E-state index in [1.807, 2.05) is 6.92 Å². The fourth-order valence-electron chi connectivity index (χ4n) is 15.6. The van der Waals surface area contributed by atoms with Gasteiger partial charge in [0.25, 0.3) is 0 Å². The Morgan fingerprint density at radius 3 is 1.78 bits per heavy atom. The summed E-state index contributed by atoms with van der Waals surface area (Å²) in [6, 6.07) is -12.3. The third kappa shape index (κ3) is 17.9. The summed E-state index contributed by atoms with van der Waals surface area (Å²) in [5.41, 5.74) is -1.58. The largest absolute Gasteiger partial charge is 0.393 e. The quantitative estimate of drug-likeness (QED) is 0.272. The first kappa shape index (κ1) is 79.0. The molecule has 14 atom stereocenters. The molecule has 4 saturated heterocycles. The van der Waals surface area contributed by atoms with Crippen molar-refractivity contribution < 1.29 is 75.4 Å². The number of amides is 12. The highest BCUT2D eigenvalue weighted by atomic mass is 35.5. The van der Waals surface area contributed by atoms with Crippen LogP contribution in [-0.4, -0.2) is 274 Å². The number of rotatable bonds is 9. The molecular formula is C69H110ClF3N12O13. The maximum atomic E-state index is 15.4. The summed E-state index contributed by atoms with van der Waals surface area (Å²) < 4.78 is 47.6. The summed E-state index contributed by atoms with van der Waals surface area (Å²) in [7, 11) is 8.51. The monoisotopic (exact) mass is 1410 g/mol. The summed E-state index contributed by atoms with van der Waals surface area (Å²) in [5, 5.41) is 7.51. The molecule has 12 amide bonds. The summed E-state index contributed by atoms with van der Waals surface area (Å²) in [6.07, 6.45) is 1.99. The minimum absolute atomic E-state index is 0.00627. The molecule has 25 nitrogen and oxygen atoms in total. The minimum Gasteiger partial charge on any atom is -0.378 e. The van der Waals surface area contributed by atoms with E-state index < -0.39 is 173 Å². The first-order valence-corrected chi connectivity index (χ1v) is 36.2. The molecule has 7 fully saturated rings. The average molecular weight is 1410 g/mol. The lowest BCUT2D eigenvalue weighted by Gasteiger charge is -2.45. The highest BCUT2D eigenvalue weighted by Crippen LogP contribution is 2.44. The molecule has 3 aliphatic carbocycles. The Hall–Kier alpha value is -6.32. The van der Waals surface area contributed by atoms with Crippen LogP contribution in [0.5, 0.6) is 0 Å². The van der Waals surface area contributed by atoms with Crippen LogP contribution in [0.25, 0.3) is 0 Å². The lowest BCUT2D eigenvalue weighted by atomic mass is 9.78. The van der Waals surface area contributed by atoms with Crippen molar-refractivity contribution >= 4 is 82.5 Å². The molecule has 0 aromatic heterocycles. The highest BCUT2D eigenvalue weighted by molar-refractivity contribution is 6.21. The number of halogens is 4. The second-order valence-electron chi connectivity index (χ2n) is 29.5. The Labute approximate surface area is 581 Å². The molecule has 4 aliphatic heterocycles. The molecule has 98 heavy (non-hydrogen) atoms. The molecule has 7 rings (SSSR count). The molecule has 552 valence electrons. The van der Waals surface area contributed by atoms with Crippen molar-refractivity contribution in [3.8, 4) is 0 Å². The van der Waals surface area contributed by atoms with Crippen LogP contribution in [0.4, 0.5) is 13.2 Å². The molecule has 0 aromatic rings. The van der Waals surface area contributed by atoms with Crippen LogP contribution in [0.2, 0.25) is 0 Å². The SMILES string of the molecule is CC[C@H](C)[C@@H]1NC(=O)[C@H](C)N(C)C(=O)C[C@@H](C(=O)N2CCOCC2)N(C)C(=O)[C@H](C(C)C)N(C)C(=O)C2(CCCC2)NC(=O)[C@@H]2CCCN2C(=O)[C@H](CCC2CCC(C(F)(F)F)C(Cl)C2)NC(=O)[C@@H](C)N(C)C(=O)[C@H](CC2CCCCC2)N(C)C(=O)[C@@H]2CCN2C(=O)[C@H](C)N(C)C1=O. The van der Waals surface area contributed by atoms with Gasteiger partial charge in [0.15, 0.2) is 0 Å². The molecule has 3 N–H and O–H groups in total. The van der Waals surface area contributed by atoms with Gasteiger partial charge in [0.2, 0.25) is 70.9 Å². The zero-order valence-corrected chi connectivity index (χ0v) is 60.7. The predicted molar refractivity (Wildman–Crippen MR) is 358 cm³/mol. The molecule has 1 spiro atoms. The number of ether oxygens (including phenoxy) is 1. The number of fused-ring (bicyclic) bond motifs is 2. The molecule has 3 unspecified atom stereocenters. The van der Waals surface area contributed by atoms with Gasteiger partial charge in [0.05, 0.1) is 25.6 Å². The minimum atomic E-state index is -4.51. The van der Waals surface area contributed by atoms with E-state index in [9.17, 15) is 46.7 Å². The number of hydrogen-bond acceptors (Lipinski definition) is 13. The van der Waals surface area contributed by atoms with E-state index in [0.29, 0.717) is 25.7 Å². The van der Waals surface area contributed by atoms with E-state index in [2.05, 4.69) is 16.0 Å². The fraction of sp³-hybridized carbons (Fsp3) is 0.826. The Morgan fingerprint density at radius 2 is 1.19 bits per heavy atom. The maximum absolute atomic E-state index is 15.4. The standard InChI is InChI=1S/C69H110ClF3N12O13/c1-14-41(4)55-65(95)79(10)44(7)60(90)85-32-28-51(85)62(92)80(11)52(38-45-21-16-15-17-22-45)63(93)78(9)43(6)57(87)74-49(27-25-46-24-26-47(48(70)37-46)69(71,72)73)61(91)84-31-20-23-50(84)59(89)76-68(29-18-19-30-68)67(97)82(13)56(40(2)3)66(96)81(12)53(64(94)83-33-35-98-36-34-83)39-54(86)77(8)42(5)58(88)75-55/h40-53,55-56H,14-39H2,1-13H3,(H,74,87)(H,75,88)(H,76,89)/t41-,42-,43+,44-,46?,47?,48?,49-,50-,51-,52-,53-,55-,56-/m0/s1. The van der Waals surface area contributed by atoms with E-state index in [1.165, 1.54) is 97.4 Å². The summed E-state index contributed by atoms with van der Waals surface area (Å²) in [4.78, 5) is 190. The first-order valence-electron chi connectivity index (χ1n) is 35.8. The van der Waals surface area contributed by atoms with Crippen molar-refractivity contribution in [3.63, 3.8) is 0 Å². The van der Waals surface area contributed by atoms with Gasteiger partial charge < -0.3 is 64.8 Å². The van der Waals surface area contributed by atoms with Crippen LogP contribution in [-0.2, 0) is 62.3 Å². The van der Waals surface area contributed by atoms with Crippen molar-refractivity contribution in [2.45, 2.75) is 254 Å². The summed E-state index contributed by atoms with van der Waals surface area (Å²) in [6.45, 7) is 12.3. The topological polar surface area (TPSA) is 279 Å². The summed E-state index contributed by atoms with van der Waals surface area (Å²) in [5.74, 6) is -10.9. The van der Waals surface area contributed by atoms with Crippen molar-refractivity contribution in [2.75, 3.05) is 81.7 Å². The smallest absolute Gasteiger partial charge is 0.378 e. The Morgan fingerprint density at radius 1 is 0.592 bits per heavy atom. The highest BCUT2D eigenvalue weighted by Gasteiger charge is 2.52. The van der Waals surface area contributed by atoms with Crippen LogP contribution >= 0.6 is 11.6 Å². The van der Waals surface area contributed by atoms with E-state index in [1.54, 1.807) is 20.8 Å². The fourth-order valence-corrected chi connectivity index (χ4v) is 16.1. The van der Waals surface area contributed by atoms with E-state index in [4.69, 9.17) is 16.3 Å². The molecular weight excluding hydrogens is 1300 g/mol. The van der Waals surface area contributed by atoms with Gasteiger partial charge in [-0.1, -0.05) is 79.1 Å². The molecule has 4 heterocycles. The zero-order chi connectivity index (χ0) is 72.6. The Kier molecular flexibility index (Phi) is 27.3. The molecule has 29 heteroatoms. The van der Waals surface area contributed by atoms with Gasteiger partial charge in [-0.25, -0.2) is 0 Å². The van der Waals surface area contributed by atoms with Crippen LogP contribution in [0, 0.1) is 29.6 Å². The van der Waals surface area contributed by atoms with Crippen molar-refractivity contribution in [3.05, 3.63) is 0 Å². The van der Waals surface area contributed by atoms with Crippen LogP contribution in [0.1, 0.15) is 177 Å². The lowest BCUT2D eigenvalue weighted by molar-refractivity contribution is -0.182. The molecule has 7 aliphatic rings. The van der Waals surface area contributed by atoms with Crippen LogP contribution in [0.15, 0.2) is 0 Å². The maximum Gasteiger partial charge on any atom is 0.393 e. The number of nitrogens with zero attached hydrogens (tertiary/aromatic N) is 9. The predicted octanol–water partition coefficient (Wildman–Crippen LogP) is 4.30. The van der Waals surface area contributed by atoms with Gasteiger partial charge in [-0.2, -0.15) is 13.2 Å². The average Bonchev–Trinajstić information content (AvgIpc) is 1.41. The van der Waals surface area contributed by atoms with Gasteiger partial charge in [0, 0.05) is 73.8 Å². The molecule has 0 bridgehead atoms. The summed E-state index contributed by atoms with van der Waals surface area (Å²) >= 11 is 6.41.